The first kappa shape index (κ1) is 24.3. The monoisotopic (exact) mass is 483 g/mol. The molecule has 0 radical (unpaired) electrons. The molecular formula is C30H37N5O. The smallest absolute Gasteiger partial charge is 0.229 e. The summed E-state index contributed by atoms with van der Waals surface area (Å²) in [7, 11) is 2.08. The van der Waals surface area contributed by atoms with E-state index in [1.807, 2.05) is 18.2 Å². The number of carbonyl (C=O) groups is 1. The van der Waals surface area contributed by atoms with Crippen LogP contribution in [0.15, 0.2) is 66.7 Å². The second-order valence-electron chi connectivity index (χ2n) is 10.1. The molecule has 2 aliphatic heterocycles. The zero-order valence-corrected chi connectivity index (χ0v) is 21.7. The van der Waals surface area contributed by atoms with Crippen LogP contribution in [0.25, 0.3) is 16.6 Å². The van der Waals surface area contributed by atoms with E-state index in [0.717, 1.165) is 61.6 Å². The molecule has 6 heteroatoms. The summed E-state index contributed by atoms with van der Waals surface area (Å²) in [6.45, 7) is 9.97. The molecule has 0 saturated carbocycles. The van der Waals surface area contributed by atoms with E-state index in [2.05, 4.69) is 89.5 Å². The predicted octanol–water partition coefficient (Wildman–Crippen LogP) is 4.16. The van der Waals surface area contributed by atoms with Gasteiger partial charge in [0.05, 0.1) is 17.1 Å². The molecule has 2 atom stereocenters. The van der Waals surface area contributed by atoms with Crippen LogP contribution in [0.1, 0.15) is 24.6 Å². The van der Waals surface area contributed by atoms with E-state index in [-0.39, 0.29) is 17.9 Å². The summed E-state index contributed by atoms with van der Waals surface area (Å²) in [6.07, 6.45) is 3.09. The molecule has 2 aliphatic rings. The Morgan fingerprint density at radius 2 is 1.78 bits per heavy atom. The lowest BCUT2D eigenvalue weighted by atomic mass is 10.0. The summed E-state index contributed by atoms with van der Waals surface area (Å²) in [6, 6.07) is 21.2. The summed E-state index contributed by atoms with van der Waals surface area (Å²) in [4.78, 5) is 24.9. The Bertz CT molecular complexity index is 1230. The van der Waals surface area contributed by atoms with Crippen molar-refractivity contribution in [3.63, 3.8) is 0 Å². The lowest BCUT2D eigenvalue weighted by Crippen LogP contribution is -2.47. The number of anilines is 1. The van der Waals surface area contributed by atoms with E-state index < -0.39 is 0 Å². The first-order valence-electron chi connectivity index (χ1n) is 13.1. The highest BCUT2D eigenvalue weighted by Crippen LogP contribution is 2.32. The molecule has 2 aromatic carbocycles. The number of aromatic nitrogens is 1. The number of nitrogens with one attached hydrogen (secondary N) is 1. The maximum atomic E-state index is 13.0. The van der Waals surface area contributed by atoms with Gasteiger partial charge in [0.15, 0.2) is 0 Å². The number of benzene rings is 2. The van der Waals surface area contributed by atoms with E-state index in [4.69, 9.17) is 4.98 Å². The first-order chi connectivity index (χ1) is 17.5. The van der Waals surface area contributed by atoms with Crippen LogP contribution in [0.4, 0.5) is 5.69 Å². The summed E-state index contributed by atoms with van der Waals surface area (Å²) in [5, 5.41) is 4.39. The second-order valence-corrected chi connectivity index (χ2v) is 10.1. The number of hydrogen-bond donors (Lipinski definition) is 1. The van der Waals surface area contributed by atoms with Gasteiger partial charge >= 0.3 is 0 Å². The molecule has 0 bridgehead atoms. The third-order valence-corrected chi connectivity index (χ3v) is 7.72. The average molecular weight is 484 g/mol. The quantitative estimate of drug-likeness (QED) is 0.512. The zero-order chi connectivity index (χ0) is 25.1. The van der Waals surface area contributed by atoms with Crippen molar-refractivity contribution in [2.75, 3.05) is 51.2 Å². The SMILES string of the molecule is Cc1ccc2cccc(N3CCN(CCCNC(=O)C4C=C(c5ccccc5)N(C)C4C)CC3)c2n1. The van der Waals surface area contributed by atoms with Crippen LogP contribution < -0.4 is 10.2 Å². The fraction of sp³-hybridized carbons (Fsp3) is 0.400. The Kier molecular flexibility index (Phi) is 7.23. The number of rotatable bonds is 7. The molecule has 1 aromatic heterocycles. The van der Waals surface area contributed by atoms with Gasteiger partial charge in [0.1, 0.15) is 0 Å². The topological polar surface area (TPSA) is 51.7 Å². The van der Waals surface area contributed by atoms with Crippen molar-refractivity contribution in [1.82, 2.24) is 20.1 Å². The third-order valence-electron chi connectivity index (χ3n) is 7.72. The van der Waals surface area contributed by atoms with E-state index in [1.54, 1.807) is 0 Å². The second kappa shape index (κ2) is 10.7. The fourth-order valence-corrected chi connectivity index (χ4v) is 5.42. The third kappa shape index (κ3) is 5.09. The van der Waals surface area contributed by atoms with Crippen molar-refractivity contribution >= 4 is 28.2 Å². The molecule has 1 amide bonds. The van der Waals surface area contributed by atoms with Crippen molar-refractivity contribution in [1.29, 1.82) is 0 Å². The number of aryl methyl sites for hydroxylation is 1. The van der Waals surface area contributed by atoms with Gasteiger partial charge in [0, 0.05) is 62.6 Å². The van der Waals surface area contributed by atoms with Crippen molar-refractivity contribution in [3.8, 4) is 0 Å². The minimum absolute atomic E-state index is 0.119. The number of nitrogens with zero attached hydrogens (tertiary/aromatic N) is 4. The number of pyridine rings is 1. The predicted molar refractivity (Wildman–Crippen MR) is 148 cm³/mol. The Balaban J connectivity index is 1.09. The van der Waals surface area contributed by atoms with Gasteiger partial charge in [-0.3, -0.25) is 14.7 Å². The number of fused-ring (bicyclic) bond motifs is 1. The molecule has 3 aromatic rings. The fourth-order valence-electron chi connectivity index (χ4n) is 5.42. The van der Waals surface area contributed by atoms with Gasteiger partial charge in [-0.05, 0) is 50.6 Å². The van der Waals surface area contributed by atoms with E-state index in [1.165, 1.54) is 11.1 Å². The Labute approximate surface area is 214 Å². The zero-order valence-electron chi connectivity index (χ0n) is 21.7. The van der Waals surface area contributed by atoms with Crippen molar-refractivity contribution in [2.45, 2.75) is 26.3 Å². The first-order valence-corrected chi connectivity index (χ1v) is 13.1. The van der Waals surface area contributed by atoms with E-state index in [0.29, 0.717) is 6.54 Å². The molecule has 1 fully saturated rings. The van der Waals surface area contributed by atoms with Gasteiger partial charge < -0.3 is 15.1 Å². The molecule has 1 N–H and O–H groups in total. The van der Waals surface area contributed by atoms with Crippen LogP contribution in [-0.4, -0.2) is 73.0 Å². The van der Waals surface area contributed by atoms with Gasteiger partial charge in [-0.2, -0.15) is 0 Å². The Hall–Kier alpha value is -3.38. The minimum Gasteiger partial charge on any atom is -0.371 e. The highest BCUT2D eigenvalue weighted by Gasteiger charge is 2.33. The normalized spacial score (nSPS) is 20.6. The van der Waals surface area contributed by atoms with Crippen LogP contribution >= 0.6 is 0 Å². The average Bonchev–Trinajstić information content (AvgIpc) is 3.21. The molecule has 0 spiro atoms. The van der Waals surface area contributed by atoms with Crippen LogP contribution in [0.2, 0.25) is 0 Å². The van der Waals surface area contributed by atoms with Crippen LogP contribution in [0.3, 0.4) is 0 Å². The van der Waals surface area contributed by atoms with E-state index >= 15 is 0 Å². The molecule has 0 aliphatic carbocycles. The summed E-state index contributed by atoms with van der Waals surface area (Å²) < 4.78 is 0. The van der Waals surface area contributed by atoms with Crippen LogP contribution in [0, 0.1) is 12.8 Å². The largest absolute Gasteiger partial charge is 0.371 e. The molecule has 6 nitrogen and oxygen atoms in total. The molecule has 188 valence electrons. The van der Waals surface area contributed by atoms with Crippen molar-refractivity contribution in [3.05, 3.63) is 78.0 Å². The Morgan fingerprint density at radius 3 is 2.56 bits per heavy atom. The molecule has 5 rings (SSSR count). The Morgan fingerprint density at radius 1 is 1.00 bits per heavy atom. The molecule has 1 saturated heterocycles. The summed E-state index contributed by atoms with van der Waals surface area (Å²) >= 11 is 0. The number of amides is 1. The van der Waals surface area contributed by atoms with Crippen molar-refractivity contribution < 1.29 is 4.79 Å². The lowest BCUT2D eigenvalue weighted by molar-refractivity contribution is -0.124. The highest BCUT2D eigenvalue weighted by atomic mass is 16.1. The van der Waals surface area contributed by atoms with Gasteiger partial charge in [-0.25, -0.2) is 0 Å². The van der Waals surface area contributed by atoms with Crippen molar-refractivity contribution in [2.24, 2.45) is 5.92 Å². The maximum absolute atomic E-state index is 13.0. The van der Waals surface area contributed by atoms with Gasteiger partial charge in [0.2, 0.25) is 5.91 Å². The summed E-state index contributed by atoms with van der Waals surface area (Å²) in [5.41, 5.74) is 5.70. The standard InChI is InChI=1S/C30H37N5O/c1-22-13-14-25-11-7-12-27(29(25)32-22)35-19-17-34(18-20-35)16-8-15-31-30(36)26-21-28(33(3)23(26)2)24-9-5-4-6-10-24/h4-7,9-14,21,23,26H,8,15-20H2,1-3H3,(H,31,36). The molecule has 36 heavy (non-hydrogen) atoms. The maximum Gasteiger partial charge on any atom is 0.229 e. The lowest BCUT2D eigenvalue weighted by Gasteiger charge is -2.36. The summed E-state index contributed by atoms with van der Waals surface area (Å²) in [5.74, 6) is 0.00976. The van der Waals surface area contributed by atoms with E-state index in [9.17, 15) is 4.79 Å². The molecule has 2 unspecified atom stereocenters. The molecular weight excluding hydrogens is 446 g/mol. The number of hydrogen-bond acceptors (Lipinski definition) is 5. The number of para-hydroxylation sites is 1. The molecule has 3 heterocycles. The van der Waals surface area contributed by atoms with Crippen LogP contribution in [0.5, 0.6) is 0 Å². The van der Waals surface area contributed by atoms with Gasteiger partial charge in [0.25, 0.3) is 0 Å². The minimum atomic E-state index is -0.119. The van der Waals surface area contributed by atoms with Gasteiger partial charge in [-0.15, -0.1) is 0 Å². The van der Waals surface area contributed by atoms with Gasteiger partial charge in [-0.1, -0.05) is 48.5 Å². The highest BCUT2D eigenvalue weighted by molar-refractivity contribution is 5.91. The number of carbonyl (C=O) groups excluding carboxylic acids is 1. The van der Waals surface area contributed by atoms with Crippen LogP contribution in [-0.2, 0) is 4.79 Å². The number of piperazine rings is 1.